The number of nitrogens with two attached hydrogens (primary N) is 1. The number of benzene rings is 1. The summed E-state index contributed by atoms with van der Waals surface area (Å²) in [5.74, 6) is 0.730. The van der Waals surface area contributed by atoms with Crippen LogP contribution in [0.4, 0.5) is 5.69 Å². The van der Waals surface area contributed by atoms with E-state index in [4.69, 9.17) is 10.5 Å². The fourth-order valence-electron chi connectivity index (χ4n) is 1.78. The third kappa shape index (κ3) is 3.12. The molecular weight excluding hydrogens is 374 g/mol. The molecule has 102 valence electrons. The van der Waals surface area contributed by atoms with Crippen LogP contribution in [0.2, 0.25) is 0 Å². The van der Waals surface area contributed by atoms with Crippen molar-refractivity contribution in [2.45, 2.75) is 27.0 Å². The molecule has 1 aromatic carbocycles. The molecule has 0 bridgehead atoms. The standard InChI is InChI=1S/C13H15Br2N3O/c1-3-18-11(13(15)8(2)17-18)7-19-12-6-9(16)4-5-10(12)14/h4-6H,3,7,16H2,1-2H3. The van der Waals surface area contributed by atoms with Gasteiger partial charge >= 0.3 is 0 Å². The largest absolute Gasteiger partial charge is 0.486 e. The molecule has 2 rings (SSSR count). The number of hydrogen-bond donors (Lipinski definition) is 1. The van der Waals surface area contributed by atoms with Crippen LogP contribution in [0.3, 0.4) is 0 Å². The molecule has 0 saturated heterocycles. The number of aryl methyl sites for hydroxylation is 2. The van der Waals surface area contributed by atoms with Crippen LogP contribution in [0.15, 0.2) is 27.1 Å². The van der Waals surface area contributed by atoms with E-state index in [1.807, 2.05) is 23.7 Å². The van der Waals surface area contributed by atoms with Crippen molar-refractivity contribution < 1.29 is 4.74 Å². The number of nitrogen functional groups attached to an aromatic ring is 1. The summed E-state index contributed by atoms with van der Waals surface area (Å²) in [6.07, 6.45) is 0. The van der Waals surface area contributed by atoms with Crippen LogP contribution in [0, 0.1) is 6.92 Å². The Morgan fingerprint density at radius 2 is 2.11 bits per heavy atom. The predicted molar refractivity (Wildman–Crippen MR) is 83.2 cm³/mol. The molecule has 1 aromatic heterocycles. The highest BCUT2D eigenvalue weighted by atomic mass is 79.9. The summed E-state index contributed by atoms with van der Waals surface area (Å²) in [7, 11) is 0. The van der Waals surface area contributed by atoms with Crippen LogP contribution in [-0.2, 0) is 13.2 Å². The molecule has 0 radical (unpaired) electrons. The molecule has 0 aliphatic carbocycles. The van der Waals surface area contributed by atoms with Crippen LogP contribution in [0.1, 0.15) is 18.3 Å². The molecule has 0 aliphatic rings. The molecular formula is C13H15Br2N3O. The zero-order valence-electron chi connectivity index (χ0n) is 10.8. The highest BCUT2D eigenvalue weighted by Crippen LogP contribution is 2.29. The monoisotopic (exact) mass is 387 g/mol. The summed E-state index contributed by atoms with van der Waals surface area (Å²) >= 11 is 7.00. The molecule has 2 aromatic rings. The van der Waals surface area contributed by atoms with Gasteiger partial charge in [-0.3, -0.25) is 4.68 Å². The van der Waals surface area contributed by atoms with Gasteiger partial charge in [-0.1, -0.05) is 0 Å². The molecule has 0 unspecified atom stereocenters. The van der Waals surface area contributed by atoms with Crippen molar-refractivity contribution in [3.8, 4) is 5.75 Å². The van der Waals surface area contributed by atoms with Crippen molar-refractivity contribution in [2.75, 3.05) is 5.73 Å². The van der Waals surface area contributed by atoms with Crippen molar-refractivity contribution in [3.05, 3.63) is 38.5 Å². The Hall–Kier alpha value is -1.01. The number of rotatable bonds is 4. The number of halogens is 2. The van der Waals surface area contributed by atoms with Gasteiger partial charge in [-0.25, -0.2) is 0 Å². The number of anilines is 1. The lowest BCUT2D eigenvalue weighted by Crippen LogP contribution is -2.07. The van der Waals surface area contributed by atoms with Gasteiger partial charge in [0.1, 0.15) is 12.4 Å². The molecule has 0 spiro atoms. The lowest BCUT2D eigenvalue weighted by molar-refractivity contribution is 0.290. The first-order chi connectivity index (χ1) is 9.02. The van der Waals surface area contributed by atoms with E-state index in [2.05, 4.69) is 43.9 Å². The number of ether oxygens (including phenoxy) is 1. The third-order valence-corrected chi connectivity index (χ3v) is 4.46. The van der Waals surface area contributed by atoms with Gasteiger partial charge in [0.25, 0.3) is 0 Å². The maximum absolute atomic E-state index is 5.82. The smallest absolute Gasteiger partial charge is 0.136 e. The van der Waals surface area contributed by atoms with Crippen molar-refractivity contribution in [1.82, 2.24) is 9.78 Å². The summed E-state index contributed by atoms with van der Waals surface area (Å²) in [6, 6.07) is 5.51. The SMILES string of the molecule is CCn1nc(C)c(Br)c1COc1cc(N)ccc1Br. The van der Waals surface area contributed by atoms with Gasteiger partial charge in [0, 0.05) is 18.3 Å². The molecule has 0 atom stereocenters. The summed E-state index contributed by atoms with van der Waals surface area (Å²) in [4.78, 5) is 0. The molecule has 1 heterocycles. The molecule has 19 heavy (non-hydrogen) atoms. The van der Waals surface area contributed by atoms with E-state index in [1.165, 1.54) is 0 Å². The zero-order valence-corrected chi connectivity index (χ0v) is 14.0. The van der Waals surface area contributed by atoms with Gasteiger partial charge in [0.15, 0.2) is 0 Å². The summed E-state index contributed by atoms with van der Waals surface area (Å²) in [5.41, 5.74) is 8.42. The summed E-state index contributed by atoms with van der Waals surface area (Å²) < 4.78 is 9.63. The van der Waals surface area contributed by atoms with Crippen LogP contribution < -0.4 is 10.5 Å². The van der Waals surface area contributed by atoms with Gasteiger partial charge in [-0.05, 0) is 57.8 Å². The molecule has 0 saturated carbocycles. The van der Waals surface area contributed by atoms with Crippen LogP contribution in [0.5, 0.6) is 5.75 Å². The average molecular weight is 389 g/mol. The van der Waals surface area contributed by atoms with Gasteiger partial charge in [-0.2, -0.15) is 5.10 Å². The Labute approximate surface area is 129 Å². The topological polar surface area (TPSA) is 53.1 Å². The lowest BCUT2D eigenvalue weighted by atomic mass is 10.3. The molecule has 0 fully saturated rings. The first-order valence-corrected chi connectivity index (χ1v) is 7.51. The fraction of sp³-hybridized carbons (Fsp3) is 0.308. The van der Waals surface area contributed by atoms with E-state index in [-0.39, 0.29) is 0 Å². The van der Waals surface area contributed by atoms with E-state index >= 15 is 0 Å². The van der Waals surface area contributed by atoms with E-state index in [9.17, 15) is 0 Å². The van der Waals surface area contributed by atoms with Crippen LogP contribution in [-0.4, -0.2) is 9.78 Å². The maximum Gasteiger partial charge on any atom is 0.136 e. The van der Waals surface area contributed by atoms with Crippen molar-refractivity contribution in [2.24, 2.45) is 0 Å². The molecule has 6 heteroatoms. The van der Waals surface area contributed by atoms with Crippen molar-refractivity contribution in [3.63, 3.8) is 0 Å². The van der Waals surface area contributed by atoms with Crippen LogP contribution >= 0.6 is 31.9 Å². The second kappa shape index (κ2) is 5.96. The molecule has 0 aliphatic heterocycles. The zero-order chi connectivity index (χ0) is 14.0. The van der Waals surface area contributed by atoms with E-state index in [0.29, 0.717) is 12.3 Å². The second-order valence-corrected chi connectivity index (χ2v) is 5.79. The highest BCUT2D eigenvalue weighted by molar-refractivity contribution is 9.10. The predicted octanol–water partition coefficient (Wildman–Crippen LogP) is 3.90. The van der Waals surface area contributed by atoms with Crippen molar-refractivity contribution >= 4 is 37.5 Å². The first kappa shape index (κ1) is 14.4. The Morgan fingerprint density at radius 3 is 2.79 bits per heavy atom. The number of aromatic nitrogens is 2. The summed E-state index contributed by atoms with van der Waals surface area (Å²) in [6.45, 7) is 5.27. The molecule has 4 nitrogen and oxygen atoms in total. The minimum absolute atomic E-state index is 0.442. The lowest BCUT2D eigenvalue weighted by Gasteiger charge is -2.10. The number of nitrogens with zero attached hydrogens (tertiary/aromatic N) is 2. The van der Waals surface area contributed by atoms with Gasteiger partial charge in [0.05, 0.1) is 20.3 Å². The first-order valence-electron chi connectivity index (χ1n) is 5.92. The molecule has 2 N–H and O–H groups in total. The van der Waals surface area contributed by atoms with E-state index in [1.54, 1.807) is 6.07 Å². The third-order valence-electron chi connectivity index (χ3n) is 2.77. The summed E-state index contributed by atoms with van der Waals surface area (Å²) in [5, 5.41) is 4.43. The fourth-order valence-corrected chi connectivity index (χ4v) is 2.54. The Kier molecular flexibility index (Phi) is 4.52. The quantitative estimate of drug-likeness (QED) is 0.808. The highest BCUT2D eigenvalue weighted by Gasteiger charge is 2.13. The minimum Gasteiger partial charge on any atom is -0.486 e. The Bertz CT molecular complexity index is 596. The van der Waals surface area contributed by atoms with E-state index < -0.39 is 0 Å². The van der Waals surface area contributed by atoms with Gasteiger partial charge in [0.2, 0.25) is 0 Å². The normalized spacial score (nSPS) is 10.7. The van der Waals surface area contributed by atoms with Crippen LogP contribution in [0.25, 0.3) is 0 Å². The van der Waals surface area contributed by atoms with Gasteiger partial charge in [-0.15, -0.1) is 0 Å². The Balaban J connectivity index is 2.21. The van der Waals surface area contributed by atoms with Gasteiger partial charge < -0.3 is 10.5 Å². The maximum atomic E-state index is 5.82. The minimum atomic E-state index is 0.442. The average Bonchev–Trinajstić information content (AvgIpc) is 2.66. The second-order valence-electron chi connectivity index (χ2n) is 4.14. The number of hydrogen-bond acceptors (Lipinski definition) is 3. The van der Waals surface area contributed by atoms with Crippen molar-refractivity contribution in [1.29, 1.82) is 0 Å². The van der Waals surface area contributed by atoms with E-state index in [0.717, 1.165) is 32.6 Å². The Morgan fingerprint density at radius 1 is 1.37 bits per heavy atom. The molecule has 0 amide bonds.